The van der Waals surface area contributed by atoms with Crippen LogP contribution in [0.25, 0.3) is 11.1 Å². The van der Waals surface area contributed by atoms with E-state index in [-0.39, 0.29) is 25.1 Å². The third-order valence-corrected chi connectivity index (χ3v) is 9.05. The molecule has 0 heterocycles. The van der Waals surface area contributed by atoms with Crippen molar-refractivity contribution in [3.63, 3.8) is 0 Å². The highest BCUT2D eigenvalue weighted by Gasteiger charge is 2.29. The number of hydrogen-bond donors (Lipinski definition) is 1. The molecule has 16 nitrogen and oxygen atoms in total. The number of unbranched alkanes of at least 4 members (excludes halogenated alkanes) is 2. The first-order chi connectivity index (χ1) is 30.2. The van der Waals surface area contributed by atoms with E-state index < -0.39 is 6.09 Å². The predicted octanol–water partition coefficient (Wildman–Crippen LogP) is 4.83. The quantitative estimate of drug-likeness (QED) is 0.0712. The molecule has 1 aliphatic carbocycles. The highest BCUT2D eigenvalue weighted by molar-refractivity contribution is 5.79. The second-order valence-corrected chi connectivity index (χ2v) is 13.7. The van der Waals surface area contributed by atoms with Crippen LogP contribution in [0, 0.1) is 0 Å². The van der Waals surface area contributed by atoms with Crippen LogP contribution in [0.2, 0.25) is 0 Å². The lowest BCUT2D eigenvalue weighted by Gasteiger charge is -2.14. The molecule has 0 bridgehead atoms. The Morgan fingerprint density at radius 3 is 1.16 bits per heavy atom. The van der Waals surface area contributed by atoms with E-state index in [2.05, 4.69) is 36.5 Å². The maximum atomic E-state index is 12.3. The Hall–Kier alpha value is -3.26. The number of fused-ring (bicyclic) bond motifs is 3. The Morgan fingerprint density at radius 2 is 0.787 bits per heavy atom. The number of benzene rings is 2. The molecule has 0 unspecified atom stereocenters. The first-order valence-corrected chi connectivity index (χ1v) is 21.8. The molecule has 346 valence electrons. The molecule has 0 aliphatic heterocycles. The Kier molecular flexibility index (Phi) is 31.9. The Morgan fingerprint density at radius 1 is 0.443 bits per heavy atom. The summed E-state index contributed by atoms with van der Waals surface area (Å²) < 4.78 is 71.0. The summed E-state index contributed by atoms with van der Waals surface area (Å²) in [6.45, 7) is 13.2. The van der Waals surface area contributed by atoms with E-state index in [1.54, 1.807) is 0 Å². The van der Waals surface area contributed by atoms with Crippen LogP contribution in [-0.4, -0.2) is 177 Å². The lowest BCUT2D eigenvalue weighted by molar-refractivity contribution is -0.145. The number of nitrogens with one attached hydrogen (secondary N) is 1. The Bertz CT molecular complexity index is 1320. The van der Waals surface area contributed by atoms with Gasteiger partial charge in [-0.05, 0) is 28.7 Å². The van der Waals surface area contributed by atoms with Gasteiger partial charge in [-0.2, -0.15) is 0 Å². The molecule has 0 fully saturated rings. The molecule has 61 heavy (non-hydrogen) atoms. The lowest BCUT2D eigenvalue weighted by Crippen LogP contribution is -2.29. The van der Waals surface area contributed by atoms with Crippen LogP contribution in [0.15, 0.2) is 48.5 Å². The summed E-state index contributed by atoms with van der Waals surface area (Å²) in [5.41, 5.74) is 4.76. The molecular weight excluding hydrogens is 794 g/mol. The van der Waals surface area contributed by atoms with Crippen molar-refractivity contribution in [2.75, 3.05) is 165 Å². The number of alkyl carbamates (subject to hydrolysis) is 1. The minimum absolute atomic E-state index is 0.0326. The summed E-state index contributed by atoms with van der Waals surface area (Å²) in [6.07, 6.45) is 3.02. The molecule has 0 radical (unpaired) electrons. The van der Waals surface area contributed by atoms with Crippen LogP contribution in [0.5, 0.6) is 0 Å². The average Bonchev–Trinajstić information content (AvgIpc) is 3.60. The van der Waals surface area contributed by atoms with E-state index in [0.29, 0.717) is 158 Å². The smallest absolute Gasteiger partial charge is 0.407 e. The monoisotopic (exact) mass is 865 g/mol. The van der Waals surface area contributed by atoms with E-state index in [1.807, 2.05) is 24.3 Å². The van der Waals surface area contributed by atoms with Crippen LogP contribution >= 0.6 is 0 Å². The molecule has 2 aromatic rings. The lowest BCUT2D eigenvalue weighted by atomic mass is 9.98. The summed E-state index contributed by atoms with van der Waals surface area (Å²) in [5, 5.41) is 2.74. The molecule has 0 atom stereocenters. The van der Waals surface area contributed by atoms with Gasteiger partial charge in [-0.1, -0.05) is 68.3 Å². The first kappa shape index (κ1) is 52.1. The number of carbonyl (C=O) groups excluding carboxylic acids is 2. The van der Waals surface area contributed by atoms with Gasteiger partial charge in [-0.25, -0.2) is 4.79 Å². The number of rotatable bonds is 42. The van der Waals surface area contributed by atoms with Gasteiger partial charge in [-0.15, -0.1) is 0 Å². The number of hydrogen-bond acceptors (Lipinski definition) is 15. The second kappa shape index (κ2) is 37.3. The third-order valence-electron chi connectivity index (χ3n) is 9.05. The van der Waals surface area contributed by atoms with E-state index in [4.69, 9.17) is 61.6 Å². The van der Waals surface area contributed by atoms with Gasteiger partial charge in [0.1, 0.15) is 13.2 Å². The number of ether oxygens (including phenoxy) is 13. The minimum Gasteiger partial charge on any atom is -0.463 e. The van der Waals surface area contributed by atoms with E-state index >= 15 is 0 Å². The van der Waals surface area contributed by atoms with Gasteiger partial charge in [0.05, 0.1) is 145 Å². The van der Waals surface area contributed by atoms with Crippen molar-refractivity contribution in [1.29, 1.82) is 0 Å². The minimum atomic E-state index is -0.456. The molecule has 1 amide bonds. The zero-order valence-electron chi connectivity index (χ0n) is 36.3. The van der Waals surface area contributed by atoms with Crippen molar-refractivity contribution in [3.05, 3.63) is 59.7 Å². The molecule has 0 aromatic heterocycles. The topological polar surface area (TPSA) is 166 Å². The van der Waals surface area contributed by atoms with Crippen molar-refractivity contribution in [2.45, 2.75) is 38.5 Å². The fourth-order valence-corrected chi connectivity index (χ4v) is 5.98. The van der Waals surface area contributed by atoms with Crippen molar-refractivity contribution < 1.29 is 71.2 Å². The van der Waals surface area contributed by atoms with Crippen molar-refractivity contribution in [3.8, 4) is 11.1 Å². The highest BCUT2D eigenvalue weighted by atomic mass is 16.6. The summed E-state index contributed by atoms with van der Waals surface area (Å²) in [6, 6.07) is 16.5. The van der Waals surface area contributed by atoms with Gasteiger partial charge in [0.25, 0.3) is 0 Å². The fraction of sp³-hybridized carbons (Fsp3) is 0.689. The molecule has 16 heteroatoms. The van der Waals surface area contributed by atoms with Crippen LogP contribution in [-0.2, 0) is 66.4 Å². The highest BCUT2D eigenvalue weighted by Crippen LogP contribution is 2.44. The molecule has 0 saturated heterocycles. The van der Waals surface area contributed by atoms with Gasteiger partial charge in [0, 0.05) is 18.9 Å². The maximum Gasteiger partial charge on any atom is 0.407 e. The standard InChI is InChI=1S/C45H71NO15/c1-2-3-4-13-44(47)60-37-36-59-35-34-58-33-32-57-31-30-56-29-28-55-27-26-54-25-24-53-23-22-52-21-20-51-19-18-50-17-16-49-15-14-46-45(48)61-38-43-41-11-7-5-9-39(41)40-10-6-8-12-42(40)43/h5-12,43H,2-4,13-38H2,1H3,(H,46,48). The molecule has 3 rings (SSSR count). The largest absolute Gasteiger partial charge is 0.463 e. The van der Waals surface area contributed by atoms with E-state index in [1.165, 1.54) is 22.3 Å². The maximum absolute atomic E-state index is 12.3. The summed E-state index contributed by atoms with van der Waals surface area (Å²) in [5.74, 6) is -0.132. The zero-order chi connectivity index (χ0) is 43.1. The normalized spacial score (nSPS) is 12.1. The van der Waals surface area contributed by atoms with E-state index in [9.17, 15) is 9.59 Å². The van der Waals surface area contributed by atoms with Crippen molar-refractivity contribution in [1.82, 2.24) is 5.32 Å². The van der Waals surface area contributed by atoms with Crippen LogP contribution in [0.1, 0.15) is 49.7 Å². The van der Waals surface area contributed by atoms with Gasteiger partial charge >= 0.3 is 12.1 Å². The summed E-state index contributed by atoms with van der Waals surface area (Å²) >= 11 is 0. The molecule has 0 spiro atoms. The molecule has 1 aliphatic rings. The van der Waals surface area contributed by atoms with Gasteiger partial charge in [0.2, 0.25) is 0 Å². The number of esters is 1. The Balaban J connectivity index is 0.921. The Labute approximate surface area is 362 Å². The van der Waals surface area contributed by atoms with Crippen LogP contribution in [0.4, 0.5) is 4.79 Å². The molecule has 1 N–H and O–H groups in total. The molecule has 2 aromatic carbocycles. The summed E-state index contributed by atoms with van der Waals surface area (Å²) in [4.78, 5) is 23.7. The molecular formula is C45H71NO15. The van der Waals surface area contributed by atoms with Crippen LogP contribution < -0.4 is 5.32 Å². The van der Waals surface area contributed by atoms with Gasteiger partial charge < -0.3 is 66.9 Å². The van der Waals surface area contributed by atoms with Gasteiger partial charge in [-0.3, -0.25) is 4.79 Å². The number of carbonyl (C=O) groups is 2. The van der Waals surface area contributed by atoms with E-state index in [0.717, 1.165) is 19.3 Å². The zero-order valence-corrected chi connectivity index (χ0v) is 36.3. The predicted molar refractivity (Wildman–Crippen MR) is 227 cm³/mol. The first-order valence-electron chi connectivity index (χ1n) is 21.8. The summed E-state index contributed by atoms with van der Waals surface area (Å²) in [7, 11) is 0. The third kappa shape index (κ3) is 26.1. The molecule has 0 saturated carbocycles. The van der Waals surface area contributed by atoms with Crippen LogP contribution in [0.3, 0.4) is 0 Å². The average molecular weight is 866 g/mol. The van der Waals surface area contributed by atoms with Crippen molar-refractivity contribution >= 4 is 12.1 Å². The van der Waals surface area contributed by atoms with Gasteiger partial charge in [0.15, 0.2) is 0 Å². The van der Waals surface area contributed by atoms with Crippen molar-refractivity contribution in [2.24, 2.45) is 0 Å². The fourth-order valence-electron chi connectivity index (χ4n) is 5.98. The SMILES string of the molecule is CCCCCC(=O)OCCOCCOCCOCCOCCOCCOCCOCCOCCOCCOCCOCCNC(=O)OCC1c2ccccc2-c2ccccc21. The number of amides is 1. The second-order valence-electron chi connectivity index (χ2n) is 13.7.